The molecule has 0 fully saturated rings. The van der Waals surface area contributed by atoms with E-state index in [9.17, 15) is 10.1 Å². The van der Waals surface area contributed by atoms with E-state index >= 15 is 0 Å². The van der Waals surface area contributed by atoms with Crippen LogP contribution >= 0.6 is 0 Å². The molecule has 116 valence electrons. The molecule has 6 heteroatoms. The van der Waals surface area contributed by atoms with Crippen LogP contribution in [0.1, 0.15) is 16.7 Å². The highest BCUT2D eigenvalue weighted by Gasteiger charge is 2.24. The minimum atomic E-state index is -0.237. The molecule has 0 saturated carbocycles. The molecule has 1 N–H and O–H groups in total. The van der Waals surface area contributed by atoms with Gasteiger partial charge in [-0.2, -0.15) is 10.2 Å². The van der Waals surface area contributed by atoms with Crippen LogP contribution in [-0.2, 0) is 19.4 Å². The van der Waals surface area contributed by atoms with Crippen molar-refractivity contribution >= 4 is 11.8 Å². The number of rotatable bonds is 1. The number of anilines is 2. The standard InChI is InChI=1S/C17H17N5O/c18-11-14-15(20-17-19-7-10-22(17)16(14)23)21-8-5-12-3-1-2-4-13(12)6-9-21/h1-4H,5-10H2,(H,19,20). The lowest BCUT2D eigenvalue weighted by atomic mass is 10.0. The predicted octanol–water partition coefficient (Wildman–Crippen LogP) is 1.15. The number of hydrogen-bond donors (Lipinski definition) is 1. The first-order valence-electron chi connectivity index (χ1n) is 7.88. The molecular weight excluding hydrogens is 290 g/mol. The molecule has 1 aromatic heterocycles. The molecule has 0 atom stereocenters. The molecule has 0 saturated heterocycles. The lowest BCUT2D eigenvalue weighted by Gasteiger charge is -2.22. The van der Waals surface area contributed by atoms with Crippen molar-refractivity contribution in [1.29, 1.82) is 5.26 Å². The van der Waals surface area contributed by atoms with Gasteiger partial charge in [0.15, 0.2) is 11.4 Å². The van der Waals surface area contributed by atoms with Crippen molar-refractivity contribution in [3.8, 4) is 6.07 Å². The van der Waals surface area contributed by atoms with Crippen LogP contribution in [0.5, 0.6) is 0 Å². The SMILES string of the molecule is N#Cc1c(N2CCc3ccccc3CC2)nc2n(c1=O)CCN2. The van der Waals surface area contributed by atoms with Crippen LogP contribution < -0.4 is 15.8 Å². The van der Waals surface area contributed by atoms with E-state index in [0.29, 0.717) is 24.9 Å². The van der Waals surface area contributed by atoms with Gasteiger partial charge in [-0.15, -0.1) is 0 Å². The molecule has 3 heterocycles. The minimum Gasteiger partial charge on any atom is -0.355 e. The molecule has 1 aromatic carbocycles. The lowest BCUT2D eigenvalue weighted by Crippen LogP contribution is -2.32. The summed E-state index contributed by atoms with van der Waals surface area (Å²) in [7, 11) is 0. The Balaban J connectivity index is 1.74. The second kappa shape index (κ2) is 5.43. The third-order valence-electron chi connectivity index (χ3n) is 4.60. The second-order valence-corrected chi connectivity index (χ2v) is 5.89. The van der Waals surface area contributed by atoms with Gasteiger partial charge in [-0.25, -0.2) is 0 Å². The average Bonchev–Trinajstić information content (AvgIpc) is 2.94. The lowest BCUT2D eigenvalue weighted by molar-refractivity contribution is 0.739. The highest BCUT2D eigenvalue weighted by atomic mass is 16.1. The summed E-state index contributed by atoms with van der Waals surface area (Å²) in [5.74, 6) is 1.09. The molecule has 4 rings (SSSR count). The monoisotopic (exact) mass is 307 g/mol. The van der Waals surface area contributed by atoms with Crippen LogP contribution in [-0.4, -0.2) is 29.2 Å². The number of nitrogens with zero attached hydrogens (tertiary/aromatic N) is 4. The molecule has 0 unspecified atom stereocenters. The third-order valence-corrected chi connectivity index (χ3v) is 4.60. The summed E-state index contributed by atoms with van der Waals surface area (Å²) in [5.41, 5.74) is 2.59. The van der Waals surface area contributed by atoms with Gasteiger partial charge in [-0.3, -0.25) is 9.36 Å². The van der Waals surface area contributed by atoms with Crippen LogP contribution in [0.15, 0.2) is 29.1 Å². The maximum absolute atomic E-state index is 12.5. The molecule has 2 aliphatic heterocycles. The van der Waals surface area contributed by atoms with Crippen molar-refractivity contribution < 1.29 is 0 Å². The van der Waals surface area contributed by atoms with Crippen molar-refractivity contribution in [2.24, 2.45) is 0 Å². The number of nitriles is 1. The maximum Gasteiger partial charge on any atom is 0.275 e. The highest BCUT2D eigenvalue weighted by Crippen LogP contribution is 2.23. The van der Waals surface area contributed by atoms with Gasteiger partial charge in [0.2, 0.25) is 5.95 Å². The van der Waals surface area contributed by atoms with Crippen LogP contribution in [0.4, 0.5) is 11.8 Å². The molecule has 0 aliphatic carbocycles. The molecular formula is C17H17N5O. The fourth-order valence-corrected chi connectivity index (χ4v) is 3.37. The first-order chi connectivity index (χ1) is 11.3. The van der Waals surface area contributed by atoms with Crippen molar-refractivity contribution in [3.05, 3.63) is 51.3 Å². The normalized spacial score (nSPS) is 16.0. The van der Waals surface area contributed by atoms with Gasteiger partial charge in [0.05, 0.1) is 0 Å². The Hall–Kier alpha value is -2.81. The zero-order chi connectivity index (χ0) is 15.8. The van der Waals surface area contributed by atoms with Gasteiger partial charge in [0, 0.05) is 26.2 Å². The summed E-state index contributed by atoms with van der Waals surface area (Å²) in [5, 5.41) is 12.6. The first-order valence-corrected chi connectivity index (χ1v) is 7.88. The highest BCUT2D eigenvalue weighted by molar-refractivity contribution is 5.57. The fraction of sp³-hybridized carbons (Fsp3) is 0.353. The quantitative estimate of drug-likeness (QED) is 0.855. The summed E-state index contributed by atoms with van der Waals surface area (Å²) in [4.78, 5) is 19.1. The zero-order valence-electron chi connectivity index (χ0n) is 12.7. The molecule has 0 amide bonds. The van der Waals surface area contributed by atoms with Gasteiger partial charge >= 0.3 is 0 Å². The molecule has 6 nitrogen and oxygen atoms in total. The average molecular weight is 307 g/mol. The van der Waals surface area contributed by atoms with E-state index < -0.39 is 0 Å². The molecule has 0 bridgehead atoms. The number of hydrogen-bond acceptors (Lipinski definition) is 5. The summed E-state index contributed by atoms with van der Waals surface area (Å²) in [6.45, 7) is 2.78. The smallest absolute Gasteiger partial charge is 0.275 e. The Morgan fingerprint density at radius 2 is 1.83 bits per heavy atom. The van der Waals surface area contributed by atoms with E-state index in [4.69, 9.17) is 0 Å². The summed E-state index contributed by atoms with van der Waals surface area (Å²) < 4.78 is 1.55. The summed E-state index contributed by atoms with van der Waals surface area (Å²) in [6, 6.07) is 10.5. The maximum atomic E-state index is 12.5. The van der Waals surface area contributed by atoms with E-state index in [2.05, 4.69) is 45.5 Å². The number of nitrogens with one attached hydrogen (secondary N) is 1. The van der Waals surface area contributed by atoms with Gasteiger partial charge in [0.25, 0.3) is 5.56 Å². The van der Waals surface area contributed by atoms with Gasteiger partial charge in [-0.05, 0) is 24.0 Å². The van der Waals surface area contributed by atoms with E-state index in [1.165, 1.54) is 11.1 Å². The first kappa shape index (κ1) is 13.8. The van der Waals surface area contributed by atoms with E-state index in [1.54, 1.807) is 4.57 Å². The summed E-state index contributed by atoms with van der Waals surface area (Å²) in [6.07, 6.45) is 1.79. The van der Waals surface area contributed by atoms with Crippen LogP contribution in [0.3, 0.4) is 0 Å². The Bertz CT molecular complexity index is 837. The van der Waals surface area contributed by atoms with E-state index in [1.807, 2.05) is 0 Å². The van der Waals surface area contributed by atoms with Crippen molar-refractivity contribution in [1.82, 2.24) is 9.55 Å². The Kier molecular flexibility index (Phi) is 3.27. The number of fused-ring (bicyclic) bond motifs is 2. The Labute approximate surface area is 134 Å². The van der Waals surface area contributed by atoms with Crippen LogP contribution in [0.25, 0.3) is 0 Å². The zero-order valence-corrected chi connectivity index (χ0v) is 12.7. The van der Waals surface area contributed by atoms with E-state index in [0.717, 1.165) is 25.9 Å². The fourth-order valence-electron chi connectivity index (χ4n) is 3.37. The Morgan fingerprint density at radius 1 is 1.13 bits per heavy atom. The topological polar surface area (TPSA) is 74.0 Å². The third kappa shape index (κ3) is 2.25. The molecule has 2 aliphatic rings. The molecule has 0 radical (unpaired) electrons. The van der Waals surface area contributed by atoms with Crippen LogP contribution in [0.2, 0.25) is 0 Å². The van der Waals surface area contributed by atoms with Gasteiger partial charge in [-0.1, -0.05) is 24.3 Å². The molecule has 23 heavy (non-hydrogen) atoms. The van der Waals surface area contributed by atoms with Gasteiger partial charge < -0.3 is 10.2 Å². The Morgan fingerprint density at radius 3 is 2.48 bits per heavy atom. The largest absolute Gasteiger partial charge is 0.355 e. The van der Waals surface area contributed by atoms with Crippen molar-refractivity contribution in [2.45, 2.75) is 19.4 Å². The minimum absolute atomic E-state index is 0.156. The second-order valence-electron chi connectivity index (χ2n) is 5.89. The molecule has 2 aromatic rings. The summed E-state index contributed by atoms with van der Waals surface area (Å²) >= 11 is 0. The van der Waals surface area contributed by atoms with E-state index in [-0.39, 0.29) is 11.1 Å². The van der Waals surface area contributed by atoms with Crippen LogP contribution in [0, 0.1) is 11.3 Å². The molecule has 0 spiro atoms. The van der Waals surface area contributed by atoms with Gasteiger partial charge in [0.1, 0.15) is 6.07 Å². The number of aromatic nitrogens is 2. The van der Waals surface area contributed by atoms with Crippen molar-refractivity contribution in [3.63, 3.8) is 0 Å². The predicted molar refractivity (Wildman–Crippen MR) is 87.8 cm³/mol. The number of benzene rings is 1. The van der Waals surface area contributed by atoms with Crippen molar-refractivity contribution in [2.75, 3.05) is 29.9 Å².